The van der Waals surface area contributed by atoms with E-state index in [1.165, 1.54) is 19.1 Å². The standard InChI is InChI=1S/C24H27N3O6/c1-32-17-10-16(11-18(13-17)33-2)14-27-20(8-9-21(27)28)24(31)26-19(22(29)23(25)30)12-15-6-4-3-5-7-15/h3-7,10-11,13,19-20H,8-9,12,14H2,1-2H3,(H2,25,30)(H,26,31)/t19?,20-/m1/s1. The average molecular weight is 453 g/mol. The van der Waals surface area contributed by atoms with Gasteiger partial charge in [0, 0.05) is 25.5 Å². The Morgan fingerprint density at radius 3 is 2.27 bits per heavy atom. The molecule has 1 aliphatic rings. The Bertz CT molecular complexity index is 1020. The lowest BCUT2D eigenvalue weighted by Gasteiger charge is -2.26. The molecule has 0 spiro atoms. The molecular weight excluding hydrogens is 426 g/mol. The molecule has 1 fully saturated rings. The van der Waals surface area contributed by atoms with E-state index in [2.05, 4.69) is 5.32 Å². The molecular formula is C24H27N3O6. The smallest absolute Gasteiger partial charge is 0.287 e. The number of carbonyl (C=O) groups excluding carboxylic acids is 4. The van der Waals surface area contributed by atoms with Crippen LogP contribution >= 0.6 is 0 Å². The molecule has 2 aromatic rings. The van der Waals surface area contributed by atoms with Crippen LogP contribution < -0.4 is 20.5 Å². The largest absolute Gasteiger partial charge is 0.497 e. The third-order valence-corrected chi connectivity index (χ3v) is 5.55. The molecule has 9 heteroatoms. The van der Waals surface area contributed by atoms with Gasteiger partial charge in [0.1, 0.15) is 23.6 Å². The van der Waals surface area contributed by atoms with E-state index in [1.807, 2.05) is 6.07 Å². The van der Waals surface area contributed by atoms with Crippen LogP contribution in [0.3, 0.4) is 0 Å². The maximum Gasteiger partial charge on any atom is 0.287 e. The number of hydrogen-bond acceptors (Lipinski definition) is 6. The fourth-order valence-corrected chi connectivity index (χ4v) is 3.86. The topological polar surface area (TPSA) is 128 Å². The van der Waals surface area contributed by atoms with Crippen molar-refractivity contribution in [1.82, 2.24) is 10.2 Å². The lowest BCUT2D eigenvalue weighted by atomic mass is 10.0. The lowest BCUT2D eigenvalue weighted by Crippen LogP contribution is -2.53. The number of Topliss-reactive ketones (excluding diaryl/α,β-unsaturated/α-hetero) is 1. The second-order valence-electron chi connectivity index (χ2n) is 7.78. The van der Waals surface area contributed by atoms with Crippen molar-refractivity contribution in [3.8, 4) is 11.5 Å². The number of amides is 3. The lowest BCUT2D eigenvalue weighted by molar-refractivity contribution is -0.140. The molecule has 3 rings (SSSR count). The maximum atomic E-state index is 13.1. The minimum atomic E-state index is -1.13. The van der Waals surface area contributed by atoms with Gasteiger partial charge < -0.3 is 25.4 Å². The molecule has 2 aromatic carbocycles. The van der Waals surface area contributed by atoms with Crippen molar-refractivity contribution in [3.05, 3.63) is 59.7 Å². The van der Waals surface area contributed by atoms with Crippen molar-refractivity contribution in [3.63, 3.8) is 0 Å². The molecule has 1 saturated heterocycles. The molecule has 1 heterocycles. The zero-order valence-electron chi connectivity index (χ0n) is 18.6. The number of hydrogen-bond donors (Lipinski definition) is 2. The van der Waals surface area contributed by atoms with E-state index in [1.54, 1.807) is 42.5 Å². The van der Waals surface area contributed by atoms with Gasteiger partial charge >= 0.3 is 0 Å². The number of ketones is 1. The van der Waals surface area contributed by atoms with Gasteiger partial charge in [-0.2, -0.15) is 0 Å². The highest BCUT2D eigenvalue weighted by atomic mass is 16.5. The van der Waals surface area contributed by atoms with Crippen LogP contribution in [-0.4, -0.2) is 54.7 Å². The van der Waals surface area contributed by atoms with E-state index in [0.29, 0.717) is 17.9 Å². The average Bonchev–Trinajstić information content (AvgIpc) is 3.18. The Labute approximate surface area is 191 Å². The van der Waals surface area contributed by atoms with Crippen molar-refractivity contribution in [1.29, 1.82) is 0 Å². The van der Waals surface area contributed by atoms with Gasteiger partial charge in [0.25, 0.3) is 5.91 Å². The summed E-state index contributed by atoms with van der Waals surface area (Å²) in [5.41, 5.74) is 6.69. The molecule has 33 heavy (non-hydrogen) atoms. The molecule has 1 unspecified atom stereocenters. The maximum absolute atomic E-state index is 13.1. The molecule has 3 N–H and O–H groups in total. The summed E-state index contributed by atoms with van der Waals surface area (Å²) in [7, 11) is 3.05. The Morgan fingerprint density at radius 2 is 1.70 bits per heavy atom. The molecule has 0 aliphatic carbocycles. The third-order valence-electron chi connectivity index (χ3n) is 5.55. The predicted octanol–water partition coefficient (Wildman–Crippen LogP) is 0.977. The summed E-state index contributed by atoms with van der Waals surface area (Å²) in [5.74, 6) is -1.58. The van der Waals surface area contributed by atoms with E-state index < -0.39 is 29.7 Å². The van der Waals surface area contributed by atoms with E-state index in [4.69, 9.17) is 15.2 Å². The SMILES string of the molecule is COc1cc(CN2C(=O)CC[C@@H]2C(=O)NC(Cc2ccccc2)C(=O)C(N)=O)cc(OC)c1. The van der Waals surface area contributed by atoms with Crippen molar-refractivity contribution < 1.29 is 28.7 Å². The quantitative estimate of drug-likeness (QED) is 0.516. The van der Waals surface area contributed by atoms with Gasteiger partial charge in [0.2, 0.25) is 17.6 Å². The summed E-state index contributed by atoms with van der Waals surface area (Å²) >= 11 is 0. The molecule has 174 valence electrons. The fourth-order valence-electron chi connectivity index (χ4n) is 3.86. The minimum absolute atomic E-state index is 0.113. The second kappa shape index (κ2) is 10.6. The summed E-state index contributed by atoms with van der Waals surface area (Å²) in [6, 6.07) is 12.3. The summed E-state index contributed by atoms with van der Waals surface area (Å²) in [6.45, 7) is 0.164. The Balaban J connectivity index is 1.78. The second-order valence-corrected chi connectivity index (χ2v) is 7.78. The van der Waals surface area contributed by atoms with Gasteiger partial charge in [0.15, 0.2) is 0 Å². The predicted molar refractivity (Wildman–Crippen MR) is 119 cm³/mol. The summed E-state index contributed by atoms with van der Waals surface area (Å²) in [4.78, 5) is 51.0. The highest BCUT2D eigenvalue weighted by Crippen LogP contribution is 2.27. The molecule has 2 atom stereocenters. The number of likely N-dealkylation sites (tertiary alicyclic amines) is 1. The van der Waals surface area contributed by atoms with E-state index in [-0.39, 0.29) is 25.3 Å². The van der Waals surface area contributed by atoms with Crippen molar-refractivity contribution in [2.75, 3.05) is 14.2 Å². The van der Waals surface area contributed by atoms with Crippen LogP contribution in [0.1, 0.15) is 24.0 Å². The number of methoxy groups -OCH3 is 2. The number of nitrogens with one attached hydrogen (secondary N) is 1. The number of carbonyl (C=O) groups is 4. The molecule has 0 radical (unpaired) electrons. The van der Waals surface area contributed by atoms with Crippen LogP contribution in [0.15, 0.2) is 48.5 Å². The fraction of sp³-hybridized carbons (Fsp3) is 0.333. The minimum Gasteiger partial charge on any atom is -0.497 e. The number of nitrogens with two attached hydrogens (primary N) is 1. The molecule has 3 amide bonds. The monoisotopic (exact) mass is 453 g/mol. The molecule has 1 aliphatic heterocycles. The summed E-state index contributed by atoms with van der Waals surface area (Å²) < 4.78 is 10.6. The Kier molecular flexibility index (Phi) is 7.66. The van der Waals surface area contributed by atoms with Crippen LogP contribution in [0.4, 0.5) is 0 Å². The van der Waals surface area contributed by atoms with E-state index in [9.17, 15) is 19.2 Å². The van der Waals surface area contributed by atoms with Gasteiger partial charge in [-0.05, 0) is 29.7 Å². The van der Waals surface area contributed by atoms with Crippen molar-refractivity contribution in [2.24, 2.45) is 5.73 Å². The first-order chi connectivity index (χ1) is 15.8. The zero-order chi connectivity index (χ0) is 24.0. The van der Waals surface area contributed by atoms with Crippen LogP contribution in [0.2, 0.25) is 0 Å². The number of primary amides is 1. The first-order valence-electron chi connectivity index (χ1n) is 10.5. The van der Waals surface area contributed by atoms with Crippen molar-refractivity contribution >= 4 is 23.5 Å². The third kappa shape index (κ3) is 5.88. The number of rotatable bonds is 10. The van der Waals surface area contributed by atoms with E-state index in [0.717, 1.165) is 11.1 Å². The van der Waals surface area contributed by atoms with Gasteiger partial charge in [-0.25, -0.2) is 0 Å². The van der Waals surface area contributed by atoms with Crippen LogP contribution in [0.25, 0.3) is 0 Å². The van der Waals surface area contributed by atoms with E-state index >= 15 is 0 Å². The normalized spacial score (nSPS) is 16.2. The van der Waals surface area contributed by atoms with Gasteiger partial charge in [-0.1, -0.05) is 30.3 Å². The Hall–Kier alpha value is -3.88. The Morgan fingerprint density at radius 1 is 1.06 bits per heavy atom. The molecule has 9 nitrogen and oxygen atoms in total. The van der Waals surface area contributed by atoms with Gasteiger partial charge in [0.05, 0.1) is 14.2 Å². The first-order valence-corrected chi connectivity index (χ1v) is 10.5. The van der Waals surface area contributed by atoms with Crippen LogP contribution in [0.5, 0.6) is 11.5 Å². The number of nitrogens with zero attached hydrogens (tertiary/aromatic N) is 1. The summed E-state index contributed by atoms with van der Waals surface area (Å²) in [6.07, 6.45) is 0.614. The highest BCUT2D eigenvalue weighted by Gasteiger charge is 2.38. The van der Waals surface area contributed by atoms with Crippen molar-refractivity contribution in [2.45, 2.75) is 37.9 Å². The summed E-state index contributed by atoms with van der Waals surface area (Å²) in [5, 5.41) is 2.64. The van der Waals surface area contributed by atoms with Gasteiger partial charge in [-0.3, -0.25) is 19.2 Å². The van der Waals surface area contributed by atoms with Gasteiger partial charge in [-0.15, -0.1) is 0 Å². The zero-order valence-corrected chi connectivity index (χ0v) is 18.6. The number of ether oxygens (including phenoxy) is 2. The first kappa shape index (κ1) is 23.8. The number of benzene rings is 2. The van der Waals surface area contributed by atoms with Crippen LogP contribution in [-0.2, 0) is 32.1 Å². The molecule has 0 bridgehead atoms. The molecule has 0 saturated carbocycles. The van der Waals surface area contributed by atoms with Crippen LogP contribution in [0, 0.1) is 0 Å². The molecule has 0 aromatic heterocycles. The highest BCUT2D eigenvalue weighted by molar-refractivity contribution is 6.38.